The van der Waals surface area contributed by atoms with E-state index in [1.54, 1.807) is 0 Å². The third-order valence-electron chi connectivity index (χ3n) is 0.500. The Bertz CT molecular complexity index is 9.51. The first-order valence-corrected chi connectivity index (χ1v) is 1.91. The van der Waals surface area contributed by atoms with Crippen LogP contribution in [-0.2, 0) is 19.5 Å². The Labute approximate surface area is 63.2 Å². The summed E-state index contributed by atoms with van der Waals surface area (Å²) in [5.41, 5.74) is 0. The number of rotatable bonds is 1. The topological polar surface area (TPSA) is 0 Å². The van der Waals surface area contributed by atoms with Gasteiger partial charge in [-0.15, -0.1) is 17.0 Å². The molecular formula is C4H11BrZn. The fourth-order valence-electron chi connectivity index (χ4n) is 0. The van der Waals surface area contributed by atoms with E-state index in [1.807, 2.05) is 0 Å². The minimum Gasteiger partial charge on any atom is -0.114 e. The van der Waals surface area contributed by atoms with E-state index in [4.69, 9.17) is 0 Å². The molecule has 0 aliphatic heterocycles. The van der Waals surface area contributed by atoms with E-state index in [1.165, 1.54) is 12.8 Å². The maximum atomic E-state index is 2.18. The van der Waals surface area contributed by atoms with Gasteiger partial charge in [0.05, 0.1) is 0 Å². The molecule has 0 bridgehead atoms. The molecule has 0 amide bonds. The van der Waals surface area contributed by atoms with Crippen LogP contribution in [0.4, 0.5) is 0 Å². The maximum Gasteiger partial charge on any atom is 0 e. The molecular weight excluding hydrogens is 193 g/mol. The molecule has 0 spiro atoms. The molecule has 0 saturated heterocycles. The van der Waals surface area contributed by atoms with Gasteiger partial charge in [-0.25, -0.2) is 0 Å². The van der Waals surface area contributed by atoms with Gasteiger partial charge in [-0.1, -0.05) is 26.7 Å². The van der Waals surface area contributed by atoms with Crippen molar-refractivity contribution in [3.05, 3.63) is 0 Å². The minimum atomic E-state index is 0. The molecule has 0 unspecified atom stereocenters. The van der Waals surface area contributed by atoms with Crippen molar-refractivity contribution in [1.82, 2.24) is 0 Å². The van der Waals surface area contributed by atoms with Gasteiger partial charge in [-0.2, -0.15) is 0 Å². The molecule has 0 nitrogen and oxygen atoms in total. The predicted octanol–water partition coefficient (Wildman–Crippen LogP) is 2.38. The van der Waals surface area contributed by atoms with Gasteiger partial charge in [0.2, 0.25) is 0 Å². The molecule has 0 fully saturated rings. The molecule has 0 heterocycles. The Kier molecular flexibility index (Phi) is 43.2. The number of halogens is 1. The second kappa shape index (κ2) is 16.5. The summed E-state index contributed by atoms with van der Waals surface area (Å²) in [5.74, 6) is 0. The maximum absolute atomic E-state index is 2.18. The molecule has 36 valence electrons. The van der Waals surface area contributed by atoms with Crippen LogP contribution in [0.3, 0.4) is 0 Å². The smallest absolute Gasteiger partial charge is 0 e. The molecule has 0 atom stereocenters. The Hall–Kier alpha value is 1.10. The molecule has 0 N–H and O–H groups in total. The first kappa shape index (κ1) is 15.7. The van der Waals surface area contributed by atoms with Crippen molar-refractivity contribution in [2.75, 3.05) is 0 Å². The molecule has 6 heavy (non-hydrogen) atoms. The van der Waals surface area contributed by atoms with Gasteiger partial charge in [0, 0.05) is 19.5 Å². The predicted molar refractivity (Wildman–Crippen MR) is 30.9 cm³/mol. The first-order chi connectivity index (χ1) is 1.91. The summed E-state index contributed by atoms with van der Waals surface area (Å²) in [4.78, 5) is 0. The summed E-state index contributed by atoms with van der Waals surface area (Å²) in [6.07, 6.45) is 2.64. The van der Waals surface area contributed by atoms with E-state index >= 15 is 0 Å². The third kappa shape index (κ3) is 19.4. The van der Waals surface area contributed by atoms with Crippen molar-refractivity contribution >= 4 is 17.0 Å². The van der Waals surface area contributed by atoms with Crippen molar-refractivity contribution in [3.8, 4) is 0 Å². The van der Waals surface area contributed by atoms with Crippen molar-refractivity contribution in [3.63, 3.8) is 0 Å². The fraction of sp³-hybridized carbons (Fsp3) is 1.00. The first-order valence-electron chi connectivity index (χ1n) is 1.91. The van der Waals surface area contributed by atoms with E-state index in [9.17, 15) is 0 Å². The summed E-state index contributed by atoms with van der Waals surface area (Å²) in [6, 6.07) is 0. The Balaban J connectivity index is -0.0000000450. The van der Waals surface area contributed by atoms with Crippen LogP contribution in [0, 0.1) is 0 Å². The average molecular weight is 204 g/mol. The second-order valence-electron chi connectivity index (χ2n) is 1.000. The zero-order chi connectivity index (χ0) is 3.41. The zero-order valence-corrected chi connectivity index (χ0v) is 9.21. The Morgan fingerprint density at radius 3 is 1.17 bits per heavy atom. The quantitative estimate of drug-likeness (QED) is 0.575. The Morgan fingerprint density at radius 2 is 1.17 bits per heavy atom. The normalized spacial score (nSPS) is 5.00. The molecule has 0 aromatic carbocycles. The van der Waals surface area contributed by atoms with Gasteiger partial charge in [-0.05, 0) is 0 Å². The molecule has 0 aromatic heterocycles. The van der Waals surface area contributed by atoms with Crippen molar-refractivity contribution in [1.29, 1.82) is 0 Å². The van der Waals surface area contributed by atoms with Crippen molar-refractivity contribution < 1.29 is 19.5 Å². The molecule has 0 aliphatic carbocycles. The molecule has 0 aliphatic rings. The molecule has 0 rings (SSSR count). The Morgan fingerprint density at radius 1 is 1.00 bits per heavy atom. The van der Waals surface area contributed by atoms with Crippen LogP contribution in [0.2, 0.25) is 0 Å². The second-order valence-corrected chi connectivity index (χ2v) is 1.000. The van der Waals surface area contributed by atoms with Gasteiger partial charge >= 0.3 is 0 Å². The van der Waals surface area contributed by atoms with Gasteiger partial charge < -0.3 is 0 Å². The molecule has 0 radical (unpaired) electrons. The number of unbranched alkanes of at least 4 members (excludes halogenated alkanes) is 1. The minimum absolute atomic E-state index is 0. The van der Waals surface area contributed by atoms with E-state index in [-0.39, 0.29) is 36.5 Å². The van der Waals surface area contributed by atoms with Gasteiger partial charge in [0.15, 0.2) is 0 Å². The van der Waals surface area contributed by atoms with Gasteiger partial charge in [-0.3, -0.25) is 0 Å². The summed E-state index contributed by atoms with van der Waals surface area (Å²) in [7, 11) is 0. The third-order valence-corrected chi connectivity index (χ3v) is 0.500. The van der Waals surface area contributed by atoms with Crippen LogP contribution in [0.25, 0.3) is 0 Å². The molecule has 0 saturated carbocycles. The fourth-order valence-corrected chi connectivity index (χ4v) is 0. The molecule has 0 aromatic rings. The van der Waals surface area contributed by atoms with Crippen molar-refractivity contribution in [2.24, 2.45) is 0 Å². The largest absolute Gasteiger partial charge is 0.114 e. The zero-order valence-electron chi connectivity index (χ0n) is 4.53. The SMILES string of the molecule is Br.CCCC.[Zn]. The van der Waals surface area contributed by atoms with E-state index in [2.05, 4.69) is 13.8 Å². The van der Waals surface area contributed by atoms with Gasteiger partial charge in [0.25, 0.3) is 0 Å². The number of hydrogen-bond acceptors (Lipinski definition) is 0. The van der Waals surface area contributed by atoms with Gasteiger partial charge in [0.1, 0.15) is 0 Å². The van der Waals surface area contributed by atoms with Crippen LogP contribution in [0.15, 0.2) is 0 Å². The monoisotopic (exact) mass is 202 g/mol. The number of hydrogen-bond donors (Lipinski definition) is 0. The van der Waals surface area contributed by atoms with Crippen LogP contribution in [0.1, 0.15) is 26.7 Å². The van der Waals surface area contributed by atoms with E-state index in [0.717, 1.165) is 0 Å². The van der Waals surface area contributed by atoms with E-state index < -0.39 is 0 Å². The van der Waals surface area contributed by atoms with Crippen LogP contribution in [0.5, 0.6) is 0 Å². The van der Waals surface area contributed by atoms with Crippen LogP contribution >= 0.6 is 17.0 Å². The molecule has 2 heteroatoms. The summed E-state index contributed by atoms with van der Waals surface area (Å²) < 4.78 is 0. The van der Waals surface area contributed by atoms with Crippen LogP contribution < -0.4 is 0 Å². The standard InChI is InChI=1S/C4H10.BrH.Zn/c1-3-4-2;;/h3-4H2,1-2H3;1H;. The van der Waals surface area contributed by atoms with E-state index in [0.29, 0.717) is 0 Å². The summed E-state index contributed by atoms with van der Waals surface area (Å²) >= 11 is 0. The van der Waals surface area contributed by atoms with Crippen LogP contribution in [-0.4, -0.2) is 0 Å². The summed E-state index contributed by atoms with van der Waals surface area (Å²) in [6.45, 7) is 4.36. The van der Waals surface area contributed by atoms with Crippen molar-refractivity contribution in [2.45, 2.75) is 26.7 Å². The average Bonchev–Trinajstić information content (AvgIpc) is 1.37. The summed E-state index contributed by atoms with van der Waals surface area (Å²) in [5, 5.41) is 0.